The van der Waals surface area contributed by atoms with E-state index in [0.29, 0.717) is 12.8 Å². The fourth-order valence-corrected chi connectivity index (χ4v) is 5.69. The first kappa shape index (κ1) is 41.2. The van der Waals surface area contributed by atoms with Gasteiger partial charge in [-0.3, -0.25) is 9.59 Å². The Morgan fingerprint density at radius 2 is 0.738 bits per heavy atom. The SMILES string of the molecule is CCCCCCCCCCCCCCCCCC(=O)OC(CCl)COC(=O)CCCCCCCCCCCCCCC. The van der Waals surface area contributed by atoms with Crippen molar-refractivity contribution in [3.8, 4) is 0 Å². The molecule has 0 saturated heterocycles. The van der Waals surface area contributed by atoms with Crippen LogP contribution in [0.2, 0.25) is 0 Å². The minimum absolute atomic E-state index is 0.0609. The fourth-order valence-electron chi connectivity index (χ4n) is 5.54. The number of hydrogen-bond acceptors (Lipinski definition) is 4. The van der Waals surface area contributed by atoms with Gasteiger partial charge in [0.1, 0.15) is 12.7 Å². The number of alkyl halides is 1. The van der Waals surface area contributed by atoms with Gasteiger partial charge in [0.05, 0.1) is 5.88 Å². The smallest absolute Gasteiger partial charge is 0.306 e. The average Bonchev–Trinajstić information content (AvgIpc) is 2.99. The molecule has 250 valence electrons. The number of esters is 2. The number of ether oxygens (including phenoxy) is 2. The highest BCUT2D eigenvalue weighted by Gasteiger charge is 2.16. The highest BCUT2D eigenvalue weighted by molar-refractivity contribution is 6.18. The lowest BCUT2D eigenvalue weighted by molar-refractivity contribution is -0.157. The lowest BCUT2D eigenvalue weighted by atomic mass is 10.0. The van der Waals surface area contributed by atoms with Gasteiger partial charge in [0.2, 0.25) is 0 Å². The summed E-state index contributed by atoms with van der Waals surface area (Å²) in [5.41, 5.74) is 0. The Labute approximate surface area is 267 Å². The fraction of sp³-hybridized carbons (Fsp3) is 0.946. The Hall–Kier alpha value is -0.770. The predicted octanol–water partition coefficient (Wildman–Crippen LogP) is 12.4. The van der Waals surface area contributed by atoms with Crippen LogP contribution in [-0.2, 0) is 19.1 Å². The van der Waals surface area contributed by atoms with Crippen LogP contribution in [0.3, 0.4) is 0 Å². The number of carbonyl (C=O) groups is 2. The number of hydrogen-bond donors (Lipinski definition) is 0. The van der Waals surface area contributed by atoms with Gasteiger partial charge in [-0.2, -0.15) is 0 Å². The van der Waals surface area contributed by atoms with E-state index in [4.69, 9.17) is 21.1 Å². The molecule has 0 spiro atoms. The third-order valence-electron chi connectivity index (χ3n) is 8.37. The van der Waals surface area contributed by atoms with Crippen LogP contribution in [-0.4, -0.2) is 30.5 Å². The Balaban J connectivity index is 3.51. The monoisotopic (exact) mass is 615 g/mol. The molecule has 0 aromatic carbocycles. The second kappa shape index (κ2) is 34.7. The lowest BCUT2D eigenvalue weighted by Crippen LogP contribution is -2.26. The van der Waals surface area contributed by atoms with E-state index in [1.807, 2.05) is 0 Å². The van der Waals surface area contributed by atoms with Gasteiger partial charge < -0.3 is 9.47 Å². The van der Waals surface area contributed by atoms with E-state index in [-0.39, 0.29) is 24.4 Å². The van der Waals surface area contributed by atoms with Crippen molar-refractivity contribution in [2.75, 3.05) is 12.5 Å². The summed E-state index contributed by atoms with van der Waals surface area (Å²) in [4.78, 5) is 24.3. The van der Waals surface area contributed by atoms with Crippen molar-refractivity contribution in [3.63, 3.8) is 0 Å². The maximum Gasteiger partial charge on any atom is 0.306 e. The quantitative estimate of drug-likeness (QED) is 0.0411. The second-order valence-corrected chi connectivity index (χ2v) is 13.0. The Kier molecular flexibility index (Phi) is 34.1. The van der Waals surface area contributed by atoms with Gasteiger partial charge in [-0.25, -0.2) is 0 Å². The summed E-state index contributed by atoms with van der Waals surface area (Å²) >= 11 is 5.96. The molecule has 0 aromatic rings. The van der Waals surface area contributed by atoms with Crippen LogP contribution in [0.15, 0.2) is 0 Å². The Morgan fingerprint density at radius 3 is 1.05 bits per heavy atom. The van der Waals surface area contributed by atoms with Crippen LogP contribution in [0.1, 0.15) is 206 Å². The van der Waals surface area contributed by atoms with E-state index >= 15 is 0 Å². The molecule has 0 aliphatic heterocycles. The lowest BCUT2D eigenvalue weighted by Gasteiger charge is -2.15. The summed E-state index contributed by atoms with van der Waals surface area (Å²) in [6, 6.07) is 0. The minimum atomic E-state index is -0.550. The summed E-state index contributed by atoms with van der Waals surface area (Å²) in [6.07, 6.45) is 36.5. The molecule has 1 atom stereocenters. The largest absolute Gasteiger partial charge is 0.462 e. The molecule has 0 fully saturated rings. The molecule has 0 bridgehead atoms. The van der Waals surface area contributed by atoms with E-state index in [2.05, 4.69) is 13.8 Å². The minimum Gasteiger partial charge on any atom is -0.462 e. The van der Waals surface area contributed by atoms with Gasteiger partial charge in [0.15, 0.2) is 0 Å². The van der Waals surface area contributed by atoms with Crippen LogP contribution in [0, 0.1) is 0 Å². The normalized spacial score (nSPS) is 12.0. The summed E-state index contributed by atoms with van der Waals surface area (Å²) in [5.74, 6) is -0.300. The van der Waals surface area contributed by atoms with Gasteiger partial charge in [0.25, 0.3) is 0 Å². The maximum atomic E-state index is 12.2. The molecule has 0 aliphatic carbocycles. The van der Waals surface area contributed by atoms with E-state index in [9.17, 15) is 9.59 Å². The average molecular weight is 615 g/mol. The molecule has 0 radical (unpaired) electrons. The van der Waals surface area contributed by atoms with E-state index in [1.54, 1.807) is 0 Å². The highest BCUT2D eigenvalue weighted by Crippen LogP contribution is 2.15. The summed E-state index contributed by atoms with van der Waals surface area (Å²) < 4.78 is 10.8. The van der Waals surface area contributed by atoms with Crippen molar-refractivity contribution in [1.82, 2.24) is 0 Å². The van der Waals surface area contributed by atoms with Crippen molar-refractivity contribution in [2.24, 2.45) is 0 Å². The van der Waals surface area contributed by atoms with E-state index in [1.165, 1.54) is 154 Å². The standard InChI is InChI=1S/C37H71ClO4/c1-3-5-7-9-11-13-15-17-18-20-22-24-26-28-30-32-37(40)42-35(33-38)34-41-36(39)31-29-27-25-23-21-19-16-14-12-10-8-6-4-2/h35H,3-34H2,1-2H3. The third kappa shape index (κ3) is 32.2. The zero-order chi connectivity index (χ0) is 30.8. The van der Waals surface area contributed by atoms with Gasteiger partial charge >= 0.3 is 11.9 Å². The Bertz CT molecular complexity index is 568. The molecule has 42 heavy (non-hydrogen) atoms. The molecule has 4 nitrogen and oxygen atoms in total. The molecule has 5 heteroatoms. The Morgan fingerprint density at radius 1 is 0.452 bits per heavy atom. The number of unbranched alkanes of at least 4 members (excludes halogenated alkanes) is 26. The predicted molar refractivity (Wildman–Crippen MR) is 181 cm³/mol. The van der Waals surface area contributed by atoms with Crippen LogP contribution in [0.25, 0.3) is 0 Å². The van der Waals surface area contributed by atoms with Crippen molar-refractivity contribution < 1.29 is 19.1 Å². The van der Waals surface area contributed by atoms with Crippen molar-refractivity contribution in [1.29, 1.82) is 0 Å². The van der Waals surface area contributed by atoms with Crippen molar-refractivity contribution in [2.45, 2.75) is 213 Å². The summed E-state index contributed by atoms with van der Waals surface area (Å²) in [6.45, 7) is 4.60. The highest BCUT2D eigenvalue weighted by atomic mass is 35.5. The molecule has 0 saturated carbocycles. The van der Waals surface area contributed by atoms with Gasteiger partial charge in [-0.1, -0.05) is 181 Å². The number of carbonyl (C=O) groups excluding carboxylic acids is 2. The zero-order valence-electron chi connectivity index (χ0n) is 28.2. The molecule has 1 unspecified atom stereocenters. The summed E-state index contributed by atoms with van der Waals surface area (Å²) in [5, 5.41) is 0. The molecule has 0 N–H and O–H groups in total. The van der Waals surface area contributed by atoms with Crippen LogP contribution in [0.5, 0.6) is 0 Å². The number of halogens is 1. The second-order valence-electron chi connectivity index (χ2n) is 12.6. The molecule has 0 heterocycles. The first-order valence-electron chi connectivity index (χ1n) is 18.5. The molecule has 0 amide bonds. The number of rotatable bonds is 34. The third-order valence-corrected chi connectivity index (χ3v) is 8.71. The van der Waals surface area contributed by atoms with E-state index < -0.39 is 6.10 Å². The van der Waals surface area contributed by atoms with Crippen LogP contribution in [0.4, 0.5) is 0 Å². The zero-order valence-corrected chi connectivity index (χ0v) is 29.0. The van der Waals surface area contributed by atoms with Gasteiger partial charge in [-0.15, -0.1) is 11.6 Å². The van der Waals surface area contributed by atoms with E-state index in [0.717, 1.165) is 25.7 Å². The van der Waals surface area contributed by atoms with Gasteiger partial charge in [-0.05, 0) is 12.8 Å². The molecule has 0 rings (SSSR count). The van der Waals surface area contributed by atoms with Crippen molar-refractivity contribution in [3.05, 3.63) is 0 Å². The molecule has 0 aliphatic rings. The summed E-state index contributed by atoms with van der Waals surface area (Å²) in [7, 11) is 0. The maximum absolute atomic E-state index is 12.2. The molecule has 0 aromatic heterocycles. The first-order valence-corrected chi connectivity index (χ1v) is 19.1. The van der Waals surface area contributed by atoms with Gasteiger partial charge in [0, 0.05) is 12.8 Å². The molecular formula is C37H71ClO4. The molecular weight excluding hydrogens is 544 g/mol. The van der Waals surface area contributed by atoms with Crippen LogP contribution >= 0.6 is 11.6 Å². The van der Waals surface area contributed by atoms with Crippen molar-refractivity contribution >= 4 is 23.5 Å². The van der Waals surface area contributed by atoms with Crippen LogP contribution < -0.4 is 0 Å². The first-order chi connectivity index (χ1) is 20.6. The topological polar surface area (TPSA) is 52.6 Å².